The number of quaternary nitrogens is 1. The maximum atomic E-state index is 13.5. The number of ether oxygens (including phenoxy) is 1. The van der Waals surface area contributed by atoms with E-state index in [-0.39, 0.29) is 31.3 Å². The summed E-state index contributed by atoms with van der Waals surface area (Å²) in [5, 5.41) is 3.00. The van der Waals surface area contributed by atoms with E-state index >= 15 is 0 Å². The van der Waals surface area contributed by atoms with Crippen LogP contribution in [0, 0.1) is 0 Å². The molecule has 0 aliphatic carbocycles. The molecule has 0 aromatic rings. The zero-order chi connectivity index (χ0) is 57.2. The molecule has 0 spiro atoms. The summed E-state index contributed by atoms with van der Waals surface area (Å²) in [6.45, 7) is 6.57. The van der Waals surface area contributed by atoms with Crippen molar-refractivity contribution in [2.24, 2.45) is 0 Å². The van der Waals surface area contributed by atoms with E-state index in [1.165, 1.54) is 70.6 Å². The number of nitrogens with zero attached hydrogens (tertiary/aromatic N) is 1. The van der Waals surface area contributed by atoms with Crippen molar-refractivity contribution in [3.8, 4) is 0 Å². The number of likely N-dealkylation sites (N-methyl/N-ethyl adjacent to an activating group) is 1. The second-order valence-corrected chi connectivity index (χ2v) is 23.2. The molecule has 3 unspecified atom stereocenters. The molecule has 0 aliphatic heterocycles. The minimum atomic E-state index is -4.71. The van der Waals surface area contributed by atoms with Gasteiger partial charge in [-0.05, 0) is 115 Å². The third-order valence-electron chi connectivity index (χ3n) is 13.1. The number of carbonyl (C=O) groups excluding carboxylic acids is 2. The van der Waals surface area contributed by atoms with E-state index in [0.717, 1.165) is 128 Å². The molecule has 0 rings (SSSR count). The smallest absolute Gasteiger partial charge is 0.306 e. The number of phosphoric ester groups is 1. The molecule has 9 nitrogen and oxygen atoms in total. The lowest BCUT2D eigenvalue weighted by molar-refractivity contribution is -0.870. The molecule has 0 aromatic heterocycles. The van der Waals surface area contributed by atoms with Crippen molar-refractivity contribution in [2.75, 3.05) is 40.9 Å². The lowest BCUT2D eigenvalue weighted by atomic mass is 10.1. The molecule has 1 N–H and O–H groups in total. The van der Waals surface area contributed by atoms with Gasteiger partial charge >= 0.3 is 5.97 Å². The summed E-state index contributed by atoms with van der Waals surface area (Å²) in [5.41, 5.74) is 0. The first-order chi connectivity index (χ1) is 37.9. The second-order valence-electron chi connectivity index (χ2n) is 21.8. The molecule has 0 bridgehead atoms. The number of amides is 1. The molecule has 78 heavy (non-hydrogen) atoms. The van der Waals surface area contributed by atoms with Crippen LogP contribution >= 0.6 is 7.82 Å². The lowest BCUT2D eigenvalue weighted by Gasteiger charge is -2.30. The van der Waals surface area contributed by atoms with Gasteiger partial charge in [-0.3, -0.25) is 14.2 Å². The lowest BCUT2D eigenvalue weighted by Crippen LogP contribution is -2.47. The van der Waals surface area contributed by atoms with Crippen LogP contribution in [0.5, 0.6) is 0 Å². The number of rotatable bonds is 55. The fourth-order valence-electron chi connectivity index (χ4n) is 8.36. The van der Waals surface area contributed by atoms with Crippen molar-refractivity contribution < 1.29 is 37.3 Å². The van der Waals surface area contributed by atoms with E-state index in [1.54, 1.807) is 0 Å². The molecule has 0 aromatic carbocycles. The first kappa shape index (κ1) is 74.4. The van der Waals surface area contributed by atoms with Crippen molar-refractivity contribution in [3.63, 3.8) is 0 Å². The Labute approximate surface area is 480 Å². The third kappa shape index (κ3) is 57.1. The summed E-state index contributed by atoms with van der Waals surface area (Å²) in [5.74, 6) is -0.585. The molecule has 0 aliphatic rings. The second kappa shape index (κ2) is 56.7. The number of unbranched alkanes of at least 4 members (excludes halogenated alkanes) is 21. The Morgan fingerprint density at radius 1 is 0.462 bits per heavy atom. The molecule has 0 heterocycles. The van der Waals surface area contributed by atoms with Gasteiger partial charge in [0.2, 0.25) is 5.91 Å². The average molecular weight is 1110 g/mol. The van der Waals surface area contributed by atoms with Crippen molar-refractivity contribution in [1.82, 2.24) is 5.32 Å². The van der Waals surface area contributed by atoms with Crippen LogP contribution < -0.4 is 10.2 Å². The molecule has 10 heteroatoms. The number of phosphoric acid groups is 1. The van der Waals surface area contributed by atoms with E-state index < -0.39 is 26.6 Å². The minimum absolute atomic E-state index is 0.0345. The molecule has 0 saturated carbocycles. The highest BCUT2D eigenvalue weighted by Crippen LogP contribution is 2.38. The van der Waals surface area contributed by atoms with E-state index in [1.807, 2.05) is 33.3 Å². The first-order valence-corrected chi connectivity index (χ1v) is 32.8. The molecule has 446 valence electrons. The van der Waals surface area contributed by atoms with E-state index in [9.17, 15) is 19.0 Å². The maximum absolute atomic E-state index is 13.5. The number of hydrogen-bond acceptors (Lipinski definition) is 7. The van der Waals surface area contributed by atoms with Crippen LogP contribution in [-0.2, 0) is 27.9 Å². The average Bonchev–Trinajstić information content (AvgIpc) is 3.40. The van der Waals surface area contributed by atoms with Gasteiger partial charge in [-0.15, -0.1) is 0 Å². The van der Waals surface area contributed by atoms with Crippen LogP contribution in [0.1, 0.15) is 245 Å². The Morgan fingerprint density at radius 2 is 0.821 bits per heavy atom. The predicted molar refractivity (Wildman–Crippen MR) is 334 cm³/mol. The van der Waals surface area contributed by atoms with Crippen molar-refractivity contribution >= 4 is 19.7 Å². The van der Waals surface area contributed by atoms with Crippen molar-refractivity contribution in [1.29, 1.82) is 0 Å². The largest absolute Gasteiger partial charge is 0.756 e. The number of esters is 1. The number of nitrogens with one attached hydrogen (secondary N) is 1. The van der Waals surface area contributed by atoms with Gasteiger partial charge in [0.05, 0.1) is 33.8 Å². The standard InChI is InChI=1S/C68H117N2O7P/c1-7-10-13-16-19-22-25-27-29-30-31-32-33-34-35-36-37-38-39-40-41-43-46-49-52-55-58-61-68(72)77-66(59-56-53-50-47-44-24-21-18-15-12-9-3)65(64-76-78(73,74)75-63-62-70(4,5)6)69-67(71)60-57-54-51-48-45-42-28-26-23-20-17-14-11-8-2/h10-11,13-14,19-20,22-23,27-29,31-32,34-35,37-38,42,56,59,65-66H,7-9,12,15-18,21,24-26,30,33,36,39-41,43-55,57-58,60-64H2,1-6H3,(H-,69,71,73,74)/b13-10-,14-11+,22-19-,23-20+,29-27-,32-31-,35-34-,38-37-,42-28+,59-56-. The van der Waals surface area contributed by atoms with Gasteiger partial charge in [0.25, 0.3) is 7.82 Å². The summed E-state index contributed by atoms with van der Waals surface area (Å²) in [6, 6.07) is -0.911. The minimum Gasteiger partial charge on any atom is -0.756 e. The number of carbonyl (C=O) groups is 2. The normalized spacial score (nSPS) is 14.5. The highest BCUT2D eigenvalue weighted by molar-refractivity contribution is 7.45. The Morgan fingerprint density at radius 3 is 1.23 bits per heavy atom. The molecule has 0 radical (unpaired) electrons. The topological polar surface area (TPSA) is 114 Å². The Bertz CT molecular complexity index is 1750. The summed E-state index contributed by atoms with van der Waals surface area (Å²) in [7, 11) is 1.15. The van der Waals surface area contributed by atoms with Gasteiger partial charge in [0.1, 0.15) is 19.3 Å². The molecule has 0 saturated heterocycles. The quantitative estimate of drug-likeness (QED) is 0.0212. The van der Waals surface area contributed by atoms with E-state index in [0.29, 0.717) is 23.9 Å². The Hall–Kier alpha value is -3.59. The predicted octanol–water partition coefficient (Wildman–Crippen LogP) is 18.9. The van der Waals surface area contributed by atoms with Crippen LogP contribution in [0.15, 0.2) is 122 Å². The zero-order valence-corrected chi connectivity index (χ0v) is 51.7. The van der Waals surface area contributed by atoms with Crippen LogP contribution in [0.3, 0.4) is 0 Å². The van der Waals surface area contributed by atoms with Crippen LogP contribution in [0.25, 0.3) is 0 Å². The van der Waals surface area contributed by atoms with Gasteiger partial charge in [-0.25, -0.2) is 0 Å². The van der Waals surface area contributed by atoms with E-state index in [4.69, 9.17) is 13.8 Å². The summed E-state index contributed by atoms with van der Waals surface area (Å²) >= 11 is 0. The zero-order valence-electron chi connectivity index (χ0n) is 50.8. The Kier molecular flexibility index (Phi) is 54.1. The van der Waals surface area contributed by atoms with Crippen LogP contribution in [0.2, 0.25) is 0 Å². The van der Waals surface area contributed by atoms with Gasteiger partial charge < -0.3 is 28.5 Å². The molecular formula is C68H117N2O7P. The monoisotopic (exact) mass is 1100 g/mol. The summed E-state index contributed by atoms with van der Waals surface area (Å²) < 4.78 is 30.3. The van der Waals surface area contributed by atoms with Crippen molar-refractivity contribution in [3.05, 3.63) is 122 Å². The number of hydrogen-bond donors (Lipinski definition) is 1. The molecule has 3 atom stereocenters. The fraction of sp³-hybridized carbons (Fsp3) is 0.676. The van der Waals surface area contributed by atoms with Gasteiger partial charge in [0.15, 0.2) is 0 Å². The first-order valence-electron chi connectivity index (χ1n) is 31.3. The number of allylic oxidation sites excluding steroid dienone is 19. The summed E-state index contributed by atoms with van der Waals surface area (Å²) in [6.07, 6.45) is 78.9. The van der Waals surface area contributed by atoms with Gasteiger partial charge in [-0.1, -0.05) is 239 Å². The van der Waals surface area contributed by atoms with E-state index in [2.05, 4.69) is 135 Å². The SMILES string of the molecule is CC/C=C\C/C=C\C/C=C\C/C=C\C/C=C\C/C=C\CCCCCCCCCCC(=O)OC(/C=C\CCCCCCCCCCC)C(COP(=O)([O-])OCC[N+](C)(C)C)NC(=O)CCCCCC/C=C/C/C=C/C/C=C/CC. The highest BCUT2D eigenvalue weighted by Gasteiger charge is 2.27. The summed E-state index contributed by atoms with van der Waals surface area (Å²) in [4.78, 5) is 39.9. The van der Waals surface area contributed by atoms with Gasteiger partial charge in [0, 0.05) is 12.8 Å². The van der Waals surface area contributed by atoms with Crippen molar-refractivity contribution in [2.45, 2.75) is 258 Å². The third-order valence-corrected chi connectivity index (χ3v) is 14.1. The molecule has 0 fully saturated rings. The highest BCUT2D eigenvalue weighted by atomic mass is 31.2. The maximum Gasteiger partial charge on any atom is 0.306 e. The Balaban J connectivity index is 5.14. The molecular weight excluding hydrogens is 988 g/mol. The van der Waals surface area contributed by atoms with Crippen LogP contribution in [0.4, 0.5) is 0 Å². The fourth-order valence-corrected chi connectivity index (χ4v) is 9.08. The van der Waals surface area contributed by atoms with Crippen LogP contribution in [-0.4, -0.2) is 69.4 Å². The van der Waals surface area contributed by atoms with Gasteiger partial charge in [-0.2, -0.15) is 0 Å². The molecule has 1 amide bonds.